The first-order chi connectivity index (χ1) is 13.3. The molecule has 0 radical (unpaired) electrons. The van der Waals surface area contributed by atoms with Crippen molar-refractivity contribution < 1.29 is 14.4 Å². The third-order valence-electron chi connectivity index (χ3n) is 4.62. The van der Waals surface area contributed by atoms with Crippen LogP contribution in [0.4, 0.5) is 0 Å². The molecule has 0 saturated carbocycles. The van der Waals surface area contributed by atoms with E-state index in [1.54, 1.807) is 18.9 Å². The fourth-order valence-electron chi connectivity index (χ4n) is 3.07. The molecule has 6 heteroatoms. The maximum atomic E-state index is 13.1. The van der Waals surface area contributed by atoms with Crippen LogP contribution in [0.3, 0.4) is 0 Å². The molecule has 1 rings (SSSR count). The monoisotopic (exact) mass is 387 g/mol. The van der Waals surface area contributed by atoms with E-state index >= 15 is 0 Å². The van der Waals surface area contributed by atoms with Gasteiger partial charge in [0.15, 0.2) is 0 Å². The normalized spacial score (nSPS) is 12.4. The van der Waals surface area contributed by atoms with Gasteiger partial charge in [-0.2, -0.15) is 0 Å². The van der Waals surface area contributed by atoms with Gasteiger partial charge in [-0.25, -0.2) is 0 Å². The minimum Gasteiger partial charge on any atom is -0.350 e. The second-order valence-electron chi connectivity index (χ2n) is 7.30. The summed E-state index contributed by atoms with van der Waals surface area (Å²) in [5, 5.41) is 2.39. The number of carbonyl (C=O) groups excluding carboxylic acids is 3. The third-order valence-corrected chi connectivity index (χ3v) is 4.62. The molecule has 3 amide bonds. The number of carbonyl (C=O) groups is 3. The highest BCUT2D eigenvalue weighted by Crippen LogP contribution is 2.16. The van der Waals surface area contributed by atoms with E-state index in [0.29, 0.717) is 25.1 Å². The van der Waals surface area contributed by atoms with Gasteiger partial charge in [-0.05, 0) is 24.8 Å². The summed E-state index contributed by atoms with van der Waals surface area (Å²) in [6.45, 7) is 9.03. The van der Waals surface area contributed by atoms with Gasteiger partial charge in [-0.1, -0.05) is 57.2 Å². The van der Waals surface area contributed by atoms with Crippen LogP contribution in [0.2, 0.25) is 0 Å². The molecule has 154 valence electrons. The van der Waals surface area contributed by atoms with Gasteiger partial charge in [0.25, 0.3) is 0 Å². The van der Waals surface area contributed by atoms with Gasteiger partial charge in [-0.15, -0.1) is 0 Å². The van der Waals surface area contributed by atoms with Gasteiger partial charge in [-0.3, -0.25) is 14.4 Å². The molecular formula is C22H33N3O3. The number of rotatable bonds is 11. The molecule has 1 unspecified atom stereocenters. The lowest BCUT2D eigenvalue weighted by atomic mass is 9.99. The van der Waals surface area contributed by atoms with E-state index in [9.17, 15) is 14.4 Å². The van der Waals surface area contributed by atoms with E-state index in [-0.39, 0.29) is 30.3 Å². The van der Waals surface area contributed by atoms with Crippen molar-refractivity contribution in [3.8, 4) is 0 Å². The average Bonchev–Trinajstić information content (AvgIpc) is 2.69. The van der Waals surface area contributed by atoms with E-state index < -0.39 is 0 Å². The first-order valence-electron chi connectivity index (χ1n) is 9.76. The Morgan fingerprint density at radius 1 is 1.18 bits per heavy atom. The van der Waals surface area contributed by atoms with Gasteiger partial charge in [0, 0.05) is 25.7 Å². The lowest BCUT2D eigenvalue weighted by Crippen LogP contribution is -2.44. The van der Waals surface area contributed by atoms with Crippen LogP contribution < -0.4 is 5.32 Å². The molecule has 0 spiro atoms. The molecular weight excluding hydrogens is 354 g/mol. The first kappa shape index (κ1) is 23.4. The quantitative estimate of drug-likeness (QED) is 0.469. The second kappa shape index (κ2) is 12.0. The number of nitrogens with zero attached hydrogens (tertiary/aromatic N) is 2. The number of likely N-dealkylation sites (N-methyl/N-ethyl adjacent to an activating group) is 1. The lowest BCUT2D eigenvalue weighted by molar-refractivity contribution is -0.132. The smallest absolute Gasteiger partial charge is 0.249 e. The topological polar surface area (TPSA) is 69.7 Å². The zero-order valence-corrected chi connectivity index (χ0v) is 17.6. The molecule has 0 heterocycles. The first-order valence-corrected chi connectivity index (χ1v) is 9.76. The maximum Gasteiger partial charge on any atom is 0.249 e. The third kappa shape index (κ3) is 7.18. The molecule has 1 aromatic carbocycles. The molecule has 1 aromatic rings. The number of nitrogens with one attached hydrogen (secondary N) is 1. The van der Waals surface area contributed by atoms with Crippen LogP contribution in [0.25, 0.3) is 0 Å². The summed E-state index contributed by atoms with van der Waals surface area (Å²) in [4.78, 5) is 39.2. The molecule has 1 N–H and O–H groups in total. The Balaban J connectivity index is 2.98. The highest BCUT2D eigenvalue weighted by molar-refractivity contribution is 5.93. The molecule has 0 aromatic heterocycles. The molecule has 1 atom stereocenters. The van der Waals surface area contributed by atoms with Gasteiger partial charge in [0.2, 0.25) is 18.2 Å². The second-order valence-corrected chi connectivity index (χ2v) is 7.30. The molecule has 28 heavy (non-hydrogen) atoms. The SMILES string of the molecule is CCCN(Cc1ccccc1)C(=O)C(C)=CC(C(C)C)N(C)C(=O)CNC=O. The van der Waals surface area contributed by atoms with E-state index in [1.807, 2.05) is 62.1 Å². The van der Waals surface area contributed by atoms with Crippen LogP contribution in [0.1, 0.15) is 39.7 Å². The molecule has 0 fully saturated rings. The number of amides is 3. The van der Waals surface area contributed by atoms with Crippen molar-refractivity contribution in [1.29, 1.82) is 0 Å². The van der Waals surface area contributed by atoms with Crippen molar-refractivity contribution in [2.75, 3.05) is 20.1 Å². The Labute approximate surface area is 168 Å². The molecule has 0 saturated heterocycles. The van der Waals surface area contributed by atoms with Crippen LogP contribution >= 0.6 is 0 Å². The fraction of sp³-hybridized carbons (Fsp3) is 0.500. The number of hydrogen-bond donors (Lipinski definition) is 1. The van der Waals surface area contributed by atoms with Gasteiger partial charge < -0.3 is 15.1 Å². The molecule has 0 bridgehead atoms. The number of benzene rings is 1. The van der Waals surface area contributed by atoms with Crippen LogP contribution in [0.5, 0.6) is 0 Å². The Bertz CT molecular complexity index is 671. The van der Waals surface area contributed by atoms with E-state index in [0.717, 1.165) is 12.0 Å². The summed E-state index contributed by atoms with van der Waals surface area (Å²) >= 11 is 0. The summed E-state index contributed by atoms with van der Waals surface area (Å²) in [6, 6.07) is 9.69. The summed E-state index contributed by atoms with van der Waals surface area (Å²) in [5.41, 5.74) is 1.70. The van der Waals surface area contributed by atoms with E-state index in [1.165, 1.54) is 0 Å². The maximum absolute atomic E-state index is 13.1. The Morgan fingerprint density at radius 2 is 1.82 bits per heavy atom. The van der Waals surface area contributed by atoms with Gasteiger partial charge in [0.05, 0.1) is 12.6 Å². The largest absolute Gasteiger partial charge is 0.350 e. The van der Waals surface area contributed by atoms with E-state index in [4.69, 9.17) is 0 Å². The fourth-order valence-corrected chi connectivity index (χ4v) is 3.07. The van der Waals surface area contributed by atoms with Crippen molar-refractivity contribution in [2.45, 2.75) is 46.7 Å². The lowest BCUT2D eigenvalue weighted by Gasteiger charge is -2.30. The minimum absolute atomic E-state index is 0.0248. The van der Waals surface area contributed by atoms with Crippen LogP contribution in [-0.2, 0) is 20.9 Å². The average molecular weight is 388 g/mol. The van der Waals surface area contributed by atoms with Crippen molar-refractivity contribution in [3.63, 3.8) is 0 Å². The zero-order chi connectivity index (χ0) is 21.1. The zero-order valence-electron chi connectivity index (χ0n) is 17.6. The standard InChI is InChI=1S/C22H33N3O3/c1-6-12-25(15-19-10-8-7-9-11-19)22(28)18(4)13-20(17(2)3)24(5)21(27)14-23-16-26/h7-11,13,16-17,20H,6,12,14-15H2,1-5H3,(H,23,26). The predicted octanol–water partition coefficient (Wildman–Crippen LogP) is 2.60. The molecule has 0 aliphatic carbocycles. The van der Waals surface area contributed by atoms with Crippen LogP contribution in [0.15, 0.2) is 42.0 Å². The van der Waals surface area contributed by atoms with Crippen molar-refractivity contribution in [3.05, 3.63) is 47.5 Å². The van der Waals surface area contributed by atoms with Crippen molar-refractivity contribution >= 4 is 18.2 Å². The van der Waals surface area contributed by atoms with Crippen molar-refractivity contribution in [2.24, 2.45) is 5.92 Å². The molecule has 0 aliphatic heterocycles. The molecule has 0 aliphatic rings. The summed E-state index contributed by atoms with van der Waals surface area (Å²) in [7, 11) is 1.70. The highest BCUT2D eigenvalue weighted by Gasteiger charge is 2.23. The predicted molar refractivity (Wildman–Crippen MR) is 111 cm³/mol. The minimum atomic E-state index is -0.231. The van der Waals surface area contributed by atoms with Gasteiger partial charge >= 0.3 is 0 Å². The van der Waals surface area contributed by atoms with Crippen LogP contribution in [-0.4, -0.2) is 54.2 Å². The Kier molecular flexibility index (Phi) is 9.99. The highest BCUT2D eigenvalue weighted by atomic mass is 16.2. The van der Waals surface area contributed by atoms with Crippen molar-refractivity contribution in [1.82, 2.24) is 15.1 Å². The summed E-state index contributed by atoms with van der Waals surface area (Å²) in [6.07, 6.45) is 3.24. The number of hydrogen-bond acceptors (Lipinski definition) is 3. The Morgan fingerprint density at radius 3 is 2.36 bits per heavy atom. The summed E-state index contributed by atoms with van der Waals surface area (Å²) in [5.74, 6) is -0.0955. The van der Waals surface area contributed by atoms with Gasteiger partial charge in [0.1, 0.15) is 0 Å². The molecule has 6 nitrogen and oxygen atoms in total. The van der Waals surface area contributed by atoms with Crippen LogP contribution in [0, 0.1) is 5.92 Å². The van der Waals surface area contributed by atoms with E-state index in [2.05, 4.69) is 5.32 Å². The summed E-state index contributed by atoms with van der Waals surface area (Å²) < 4.78 is 0. The Hall–Kier alpha value is -2.63.